The highest BCUT2D eigenvalue weighted by Crippen LogP contribution is 2.61. The first-order valence-electron chi connectivity index (χ1n) is 16.2. The third-order valence-corrected chi connectivity index (χ3v) is 12.3. The van der Waals surface area contributed by atoms with Gasteiger partial charge in [-0.3, -0.25) is 19.3 Å². The number of carbonyl (C=O) groups excluding carboxylic acids is 3. The molecule has 4 atom stereocenters. The lowest BCUT2D eigenvalue weighted by molar-refractivity contribution is -0.149. The Morgan fingerprint density at radius 2 is 1.70 bits per heavy atom. The Balaban J connectivity index is 1.42. The number of rotatable bonds is 9. The fourth-order valence-corrected chi connectivity index (χ4v) is 10.3. The van der Waals surface area contributed by atoms with E-state index in [-0.39, 0.29) is 37.3 Å². The standard InChI is InChI=1S/C36H43N3O6Si/c1-25-34(46(2,3)44)31(23-33(42)37(20-21-40)24-26-12-6-4-7-13-26)45-36(25)29-22-28(38-19-11-10-16-32(38)41)17-18-30(29)39(35(36)43)27-14-8-5-9-15-27/h4-9,12-15,17-18,22,25,31,34,40,44H,10-11,16,19-21,23-24H2,1-3H3/t25-,31+,34-,36+/m0/s1. The first-order chi connectivity index (χ1) is 22.1. The minimum absolute atomic E-state index is 0.0428. The van der Waals surface area contributed by atoms with E-state index < -0.39 is 31.5 Å². The number of aliphatic hydroxyl groups is 1. The van der Waals surface area contributed by atoms with Crippen LogP contribution in [0.2, 0.25) is 18.6 Å². The molecule has 3 amide bonds. The zero-order valence-corrected chi connectivity index (χ0v) is 27.8. The number of hydrogen-bond acceptors (Lipinski definition) is 6. The van der Waals surface area contributed by atoms with Crippen LogP contribution in [0.25, 0.3) is 0 Å². The van der Waals surface area contributed by atoms with Crippen LogP contribution in [0.5, 0.6) is 0 Å². The summed E-state index contributed by atoms with van der Waals surface area (Å²) in [5.41, 5.74) is 1.76. The van der Waals surface area contributed by atoms with E-state index in [4.69, 9.17) is 4.74 Å². The highest BCUT2D eigenvalue weighted by Gasteiger charge is 2.66. The van der Waals surface area contributed by atoms with Crippen molar-refractivity contribution in [2.24, 2.45) is 5.92 Å². The average Bonchev–Trinajstić information content (AvgIpc) is 3.47. The maximum atomic E-state index is 14.9. The van der Waals surface area contributed by atoms with Gasteiger partial charge in [0.2, 0.25) is 11.8 Å². The molecule has 2 saturated heterocycles. The molecule has 6 rings (SSSR count). The molecule has 3 aliphatic rings. The summed E-state index contributed by atoms with van der Waals surface area (Å²) < 4.78 is 6.94. The summed E-state index contributed by atoms with van der Waals surface area (Å²) in [6.07, 6.45) is 1.46. The first kappa shape index (κ1) is 32.1. The van der Waals surface area contributed by atoms with Gasteiger partial charge in [0, 0.05) is 54.5 Å². The molecule has 0 unspecified atom stereocenters. The van der Waals surface area contributed by atoms with Crippen LogP contribution >= 0.6 is 0 Å². The fourth-order valence-electron chi connectivity index (χ4n) is 7.79. The molecule has 0 aliphatic carbocycles. The summed E-state index contributed by atoms with van der Waals surface area (Å²) in [5, 5.41) is 9.81. The summed E-state index contributed by atoms with van der Waals surface area (Å²) in [6.45, 7) is 6.52. The van der Waals surface area contributed by atoms with E-state index >= 15 is 0 Å². The molecule has 9 nitrogen and oxygen atoms in total. The van der Waals surface area contributed by atoms with E-state index in [0.29, 0.717) is 36.4 Å². The highest BCUT2D eigenvalue weighted by atomic mass is 28.4. The van der Waals surface area contributed by atoms with Crippen LogP contribution in [-0.2, 0) is 31.3 Å². The van der Waals surface area contributed by atoms with Gasteiger partial charge in [-0.2, -0.15) is 0 Å². The molecule has 0 radical (unpaired) electrons. The quantitative estimate of drug-likeness (QED) is 0.315. The number of ether oxygens (including phenoxy) is 1. The van der Waals surface area contributed by atoms with Gasteiger partial charge in [0.1, 0.15) is 0 Å². The molecule has 2 fully saturated rings. The van der Waals surface area contributed by atoms with E-state index in [0.717, 1.165) is 24.1 Å². The number of aliphatic hydroxyl groups excluding tert-OH is 1. The van der Waals surface area contributed by atoms with Crippen molar-refractivity contribution in [1.29, 1.82) is 0 Å². The highest BCUT2D eigenvalue weighted by molar-refractivity contribution is 6.71. The van der Waals surface area contributed by atoms with Crippen molar-refractivity contribution in [3.8, 4) is 0 Å². The summed E-state index contributed by atoms with van der Waals surface area (Å²) >= 11 is 0. The van der Waals surface area contributed by atoms with Crippen LogP contribution < -0.4 is 9.80 Å². The Kier molecular flexibility index (Phi) is 8.91. The Hall–Kier alpha value is -3.83. The van der Waals surface area contributed by atoms with E-state index in [1.54, 1.807) is 14.7 Å². The SMILES string of the molecule is C[C@H]1[C@H]([Si](C)(C)O)[C@@H](CC(=O)N(CCO)Cc2ccccc2)O[C@]12C(=O)N(c1ccccc1)c1ccc(N3CCCCC3=O)cc12. The number of para-hydroxylation sites is 1. The minimum Gasteiger partial charge on any atom is -0.432 e. The minimum atomic E-state index is -3.03. The second kappa shape index (κ2) is 12.8. The van der Waals surface area contributed by atoms with Crippen LogP contribution in [0, 0.1) is 5.92 Å². The Morgan fingerprint density at radius 1 is 1.00 bits per heavy atom. The lowest BCUT2D eigenvalue weighted by atomic mass is 9.82. The van der Waals surface area contributed by atoms with Crippen molar-refractivity contribution in [3.05, 3.63) is 90.0 Å². The van der Waals surface area contributed by atoms with Crippen molar-refractivity contribution in [2.45, 2.75) is 69.5 Å². The van der Waals surface area contributed by atoms with E-state index in [1.165, 1.54) is 0 Å². The summed E-state index contributed by atoms with van der Waals surface area (Å²) in [4.78, 5) is 58.5. The molecule has 0 bridgehead atoms. The van der Waals surface area contributed by atoms with Gasteiger partial charge in [0.15, 0.2) is 13.9 Å². The van der Waals surface area contributed by atoms with Crippen molar-refractivity contribution < 1.29 is 29.0 Å². The van der Waals surface area contributed by atoms with Gasteiger partial charge in [-0.1, -0.05) is 55.5 Å². The number of amides is 3. The van der Waals surface area contributed by atoms with Gasteiger partial charge < -0.3 is 24.4 Å². The molecule has 10 heteroatoms. The van der Waals surface area contributed by atoms with Crippen molar-refractivity contribution in [1.82, 2.24) is 4.90 Å². The lowest BCUT2D eigenvalue weighted by Crippen LogP contribution is -2.45. The third kappa shape index (κ3) is 5.68. The lowest BCUT2D eigenvalue weighted by Gasteiger charge is -2.33. The molecule has 1 spiro atoms. The van der Waals surface area contributed by atoms with Crippen LogP contribution in [0.3, 0.4) is 0 Å². The molecule has 3 aromatic rings. The Morgan fingerprint density at radius 3 is 2.35 bits per heavy atom. The van der Waals surface area contributed by atoms with Gasteiger partial charge in [-0.15, -0.1) is 0 Å². The van der Waals surface area contributed by atoms with Gasteiger partial charge in [0.05, 0.1) is 24.8 Å². The zero-order chi connectivity index (χ0) is 32.6. The fraction of sp³-hybridized carbons (Fsp3) is 0.417. The number of carbonyl (C=O) groups is 3. The number of benzene rings is 3. The van der Waals surface area contributed by atoms with Gasteiger partial charge in [-0.05, 0) is 61.8 Å². The van der Waals surface area contributed by atoms with E-state index in [9.17, 15) is 24.3 Å². The van der Waals surface area contributed by atoms with Gasteiger partial charge in [0.25, 0.3) is 5.91 Å². The molecule has 3 aliphatic heterocycles. The van der Waals surface area contributed by atoms with Crippen LogP contribution in [-0.4, -0.2) is 66.6 Å². The molecule has 242 valence electrons. The van der Waals surface area contributed by atoms with E-state index in [2.05, 4.69) is 0 Å². The number of piperidine rings is 1. The molecule has 0 saturated carbocycles. The van der Waals surface area contributed by atoms with Crippen LogP contribution in [0.15, 0.2) is 78.9 Å². The predicted molar refractivity (Wildman–Crippen MR) is 179 cm³/mol. The number of anilines is 3. The molecular weight excluding hydrogens is 598 g/mol. The Labute approximate surface area is 271 Å². The Bertz CT molecular complexity index is 1600. The second-order valence-electron chi connectivity index (χ2n) is 13.3. The second-order valence-corrected chi connectivity index (χ2v) is 17.2. The molecular formula is C36H43N3O6Si. The van der Waals surface area contributed by atoms with Crippen LogP contribution in [0.1, 0.15) is 43.7 Å². The molecule has 3 heterocycles. The first-order valence-corrected chi connectivity index (χ1v) is 19.3. The largest absolute Gasteiger partial charge is 0.432 e. The summed E-state index contributed by atoms with van der Waals surface area (Å²) in [6, 6.07) is 24.7. The molecule has 3 aromatic carbocycles. The zero-order valence-electron chi connectivity index (χ0n) is 26.8. The van der Waals surface area contributed by atoms with Crippen molar-refractivity contribution >= 4 is 43.1 Å². The van der Waals surface area contributed by atoms with E-state index in [1.807, 2.05) is 98.9 Å². The normalized spacial score (nSPS) is 24.5. The molecule has 2 N–H and O–H groups in total. The number of nitrogens with zero attached hydrogens (tertiary/aromatic N) is 3. The van der Waals surface area contributed by atoms with Crippen LogP contribution in [0.4, 0.5) is 17.1 Å². The third-order valence-electron chi connectivity index (χ3n) is 9.84. The summed E-state index contributed by atoms with van der Waals surface area (Å²) in [5.74, 6) is -0.895. The molecule has 46 heavy (non-hydrogen) atoms. The monoisotopic (exact) mass is 641 g/mol. The van der Waals surface area contributed by atoms with Gasteiger partial charge in [-0.25, -0.2) is 0 Å². The van der Waals surface area contributed by atoms with Crippen molar-refractivity contribution in [3.63, 3.8) is 0 Å². The van der Waals surface area contributed by atoms with Crippen molar-refractivity contribution in [2.75, 3.05) is 29.5 Å². The maximum Gasteiger partial charge on any atom is 0.268 e. The number of hydrogen-bond donors (Lipinski definition) is 2. The summed E-state index contributed by atoms with van der Waals surface area (Å²) in [7, 11) is -3.03. The topological polar surface area (TPSA) is 111 Å². The van der Waals surface area contributed by atoms with Gasteiger partial charge >= 0.3 is 0 Å². The number of fused-ring (bicyclic) bond motifs is 2. The predicted octanol–water partition coefficient (Wildman–Crippen LogP) is 5.09. The molecule has 0 aromatic heterocycles. The average molecular weight is 642 g/mol. The maximum absolute atomic E-state index is 14.9. The smallest absolute Gasteiger partial charge is 0.268 e.